The number of nitrogens with zero attached hydrogens (tertiary/aromatic N) is 1. The third-order valence-corrected chi connectivity index (χ3v) is 3.31. The second-order valence-electron chi connectivity index (χ2n) is 5.29. The molecule has 1 amide bonds. The maximum atomic E-state index is 12.4. The number of amides is 1. The van der Waals surface area contributed by atoms with E-state index in [4.69, 9.17) is 9.84 Å². The molecule has 0 aliphatic carbocycles. The van der Waals surface area contributed by atoms with E-state index in [1.54, 1.807) is 25.1 Å². The number of aryl methyl sites for hydroxylation is 1. The molecule has 0 fully saturated rings. The standard InChI is InChI=1S/C17H16N2O6/c1-11-5-6-15(25-10-16(20)21)14(7-11)17(22)18-9-12-3-2-4-13(8-12)19(23)24/h2-8H,9-10H2,1H3,(H,18,22)(H,20,21). The quantitative estimate of drug-likeness (QED) is 0.587. The van der Waals surface area contributed by atoms with E-state index in [2.05, 4.69) is 5.32 Å². The van der Waals surface area contributed by atoms with Gasteiger partial charge in [-0.15, -0.1) is 0 Å². The number of carbonyl (C=O) groups excluding carboxylic acids is 1. The highest BCUT2D eigenvalue weighted by atomic mass is 16.6. The van der Waals surface area contributed by atoms with Crippen LogP contribution in [-0.4, -0.2) is 28.5 Å². The predicted molar refractivity (Wildman–Crippen MR) is 88.6 cm³/mol. The van der Waals surface area contributed by atoms with Gasteiger partial charge in [0.1, 0.15) is 5.75 Å². The van der Waals surface area contributed by atoms with Crippen molar-refractivity contribution in [2.45, 2.75) is 13.5 Å². The first-order chi connectivity index (χ1) is 11.9. The van der Waals surface area contributed by atoms with E-state index in [-0.39, 0.29) is 23.5 Å². The smallest absolute Gasteiger partial charge is 0.341 e. The number of ether oxygens (including phenoxy) is 1. The van der Waals surface area contributed by atoms with Crippen LogP contribution in [0.5, 0.6) is 5.75 Å². The normalized spacial score (nSPS) is 10.1. The molecule has 0 aromatic heterocycles. The molecule has 8 heteroatoms. The average Bonchev–Trinajstić information content (AvgIpc) is 2.58. The Bertz CT molecular complexity index is 819. The van der Waals surface area contributed by atoms with Crippen LogP contribution in [0, 0.1) is 17.0 Å². The SMILES string of the molecule is Cc1ccc(OCC(=O)O)c(C(=O)NCc2cccc([N+](=O)[O-])c2)c1. The molecule has 0 spiro atoms. The first-order valence-corrected chi connectivity index (χ1v) is 7.33. The first kappa shape index (κ1) is 17.9. The Hall–Kier alpha value is -3.42. The number of nitro groups is 1. The van der Waals surface area contributed by atoms with Crippen molar-refractivity contribution in [2.24, 2.45) is 0 Å². The summed E-state index contributed by atoms with van der Waals surface area (Å²) in [6.45, 7) is 1.32. The van der Waals surface area contributed by atoms with Crippen LogP contribution in [-0.2, 0) is 11.3 Å². The molecule has 0 aliphatic rings. The minimum Gasteiger partial charge on any atom is -0.481 e. The van der Waals surface area contributed by atoms with Gasteiger partial charge in [0, 0.05) is 18.7 Å². The van der Waals surface area contributed by atoms with Crippen LogP contribution in [0.3, 0.4) is 0 Å². The summed E-state index contributed by atoms with van der Waals surface area (Å²) < 4.78 is 5.13. The van der Waals surface area contributed by atoms with Crippen molar-refractivity contribution < 1.29 is 24.4 Å². The van der Waals surface area contributed by atoms with Crippen molar-refractivity contribution in [3.8, 4) is 5.75 Å². The summed E-state index contributed by atoms with van der Waals surface area (Å²) in [5.74, 6) is -1.45. The van der Waals surface area contributed by atoms with Crippen molar-refractivity contribution in [1.29, 1.82) is 0 Å². The third-order valence-electron chi connectivity index (χ3n) is 3.31. The maximum absolute atomic E-state index is 12.4. The van der Waals surface area contributed by atoms with Gasteiger partial charge in [-0.05, 0) is 24.6 Å². The lowest BCUT2D eigenvalue weighted by molar-refractivity contribution is -0.384. The summed E-state index contributed by atoms with van der Waals surface area (Å²) in [6.07, 6.45) is 0. The molecule has 0 heterocycles. The molecule has 0 atom stereocenters. The fourth-order valence-corrected chi connectivity index (χ4v) is 2.14. The van der Waals surface area contributed by atoms with Crippen LogP contribution in [0.1, 0.15) is 21.5 Å². The number of benzene rings is 2. The Balaban J connectivity index is 2.12. The fourth-order valence-electron chi connectivity index (χ4n) is 2.14. The average molecular weight is 344 g/mol. The number of carboxylic acid groups (broad SMARTS) is 1. The van der Waals surface area contributed by atoms with Crippen LogP contribution >= 0.6 is 0 Å². The van der Waals surface area contributed by atoms with Gasteiger partial charge in [0.2, 0.25) is 0 Å². The highest BCUT2D eigenvalue weighted by Crippen LogP contribution is 2.20. The Morgan fingerprint density at radius 3 is 2.68 bits per heavy atom. The van der Waals surface area contributed by atoms with Gasteiger partial charge in [0.15, 0.2) is 6.61 Å². The summed E-state index contributed by atoms with van der Waals surface area (Å²) in [5.41, 5.74) is 1.52. The topological polar surface area (TPSA) is 119 Å². The Morgan fingerprint density at radius 1 is 1.24 bits per heavy atom. The molecule has 0 aliphatic heterocycles. The molecular formula is C17H16N2O6. The number of aliphatic carboxylic acids is 1. The van der Waals surface area contributed by atoms with Crippen LogP contribution < -0.4 is 10.1 Å². The van der Waals surface area contributed by atoms with E-state index >= 15 is 0 Å². The van der Waals surface area contributed by atoms with Crippen molar-refractivity contribution >= 4 is 17.6 Å². The van der Waals surface area contributed by atoms with Gasteiger partial charge in [-0.2, -0.15) is 0 Å². The lowest BCUT2D eigenvalue weighted by Crippen LogP contribution is -2.24. The summed E-state index contributed by atoms with van der Waals surface area (Å²) in [7, 11) is 0. The van der Waals surface area contributed by atoms with Crippen molar-refractivity contribution in [1.82, 2.24) is 5.32 Å². The number of nitrogens with one attached hydrogen (secondary N) is 1. The predicted octanol–water partition coefficient (Wildman–Crippen LogP) is 2.30. The fraction of sp³-hybridized carbons (Fsp3) is 0.176. The minimum absolute atomic E-state index is 0.0622. The van der Waals surface area contributed by atoms with E-state index in [0.717, 1.165) is 5.56 Å². The molecule has 2 aromatic rings. The second-order valence-corrected chi connectivity index (χ2v) is 5.29. The minimum atomic E-state index is -1.15. The van der Waals surface area contributed by atoms with Gasteiger partial charge in [0.05, 0.1) is 10.5 Å². The van der Waals surface area contributed by atoms with E-state index < -0.39 is 23.4 Å². The number of carbonyl (C=O) groups is 2. The lowest BCUT2D eigenvalue weighted by Gasteiger charge is -2.11. The number of hydrogen-bond donors (Lipinski definition) is 2. The van der Waals surface area contributed by atoms with E-state index in [1.165, 1.54) is 24.3 Å². The maximum Gasteiger partial charge on any atom is 0.341 e. The van der Waals surface area contributed by atoms with E-state index in [1.807, 2.05) is 0 Å². The van der Waals surface area contributed by atoms with Gasteiger partial charge in [-0.1, -0.05) is 23.8 Å². The molecule has 8 nitrogen and oxygen atoms in total. The van der Waals surface area contributed by atoms with Crippen molar-refractivity contribution in [3.05, 3.63) is 69.3 Å². The zero-order chi connectivity index (χ0) is 18.4. The number of non-ortho nitro benzene ring substituents is 1. The molecule has 2 rings (SSSR count). The first-order valence-electron chi connectivity index (χ1n) is 7.33. The van der Waals surface area contributed by atoms with Gasteiger partial charge in [-0.25, -0.2) is 4.79 Å². The molecule has 2 aromatic carbocycles. The highest BCUT2D eigenvalue weighted by molar-refractivity contribution is 5.97. The van der Waals surface area contributed by atoms with Crippen molar-refractivity contribution in [2.75, 3.05) is 6.61 Å². The van der Waals surface area contributed by atoms with Crippen LogP contribution in [0.15, 0.2) is 42.5 Å². The van der Waals surface area contributed by atoms with Crippen molar-refractivity contribution in [3.63, 3.8) is 0 Å². The molecule has 2 N–H and O–H groups in total. The molecule has 0 unspecified atom stereocenters. The number of rotatable bonds is 7. The molecule has 130 valence electrons. The zero-order valence-electron chi connectivity index (χ0n) is 13.4. The summed E-state index contributed by atoms with van der Waals surface area (Å²) in [6, 6.07) is 10.7. The lowest BCUT2D eigenvalue weighted by atomic mass is 10.1. The Labute approximate surface area is 143 Å². The molecular weight excluding hydrogens is 328 g/mol. The van der Waals surface area contributed by atoms with E-state index in [9.17, 15) is 19.7 Å². The third kappa shape index (κ3) is 5.03. The second kappa shape index (κ2) is 7.91. The van der Waals surface area contributed by atoms with Gasteiger partial charge >= 0.3 is 5.97 Å². The molecule has 0 saturated carbocycles. The van der Waals surface area contributed by atoms with E-state index in [0.29, 0.717) is 5.56 Å². The molecule has 0 saturated heterocycles. The largest absolute Gasteiger partial charge is 0.481 e. The summed E-state index contributed by atoms with van der Waals surface area (Å²) in [5, 5.41) is 22.1. The monoisotopic (exact) mass is 344 g/mol. The molecule has 25 heavy (non-hydrogen) atoms. The van der Waals surface area contributed by atoms with Gasteiger partial charge < -0.3 is 15.2 Å². The highest BCUT2D eigenvalue weighted by Gasteiger charge is 2.14. The van der Waals surface area contributed by atoms with Crippen LogP contribution in [0.4, 0.5) is 5.69 Å². The molecule has 0 bridgehead atoms. The number of nitro benzene ring substituents is 1. The molecule has 0 radical (unpaired) electrons. The van der Waals surface area contributed by atoms with Crippen LogP contribution in [0.25, 0.3) is 0 Å². The van der Waals surface area contributed by atoms with Crippen LogP contribution in [0.2, 0.25) is 0 Å². The Kier molecular flexibility index (Phi) is 5.67. The van der Waals surface area contributed by atoms with Gasteiger partial charge in [-0.3, -0.25) is 14.9 Å². The zero-order valence-corrected chi connectivity index (χ0v) is 13.4. The summed E-state index contributed by atoms with van der Waals surface area (Å²) >= 11 is 0. The summed E-state index contributed by atoms with van der Waals surface area (Å²) in [4.78, 5) is 33.3. The Morgan fingerprint density at radius 2 is 2.00 bits per heavy atom. The number of carboxylic acids is 1. The van der Waals surface area contributed by atoms with Gasteiger partial charge in [0.25, 0.3) is 11.6 Å². The number of hydrogen-bond acceptors (Lipinski definition) is 5.